The van der Waals surface area contributed by atoms with E-state index in [2.05, 4.69) is 5.32 Å². The zero-order valence-electron chi connectivity index (χ0n) is 13.4. The lowest BCUT2D eigenvalue weighted by Gasteiger charge is -2.40. The van der Waals surface area contributed by atoms with Crippen LogP contribution in [0.3, 0.4) is 0 Å². The summed E-state index contributed by atoms with van der Waals surface area (Å²) < 4.78 is 10.2. The number of carbonyl (C=O) groups excluding carboxylic acids is 2. The van der Waals surface area contributed by atoms with Gasteiger partial charge < -0.3 is 14.4 Å². The molecular weight excluding hydrogens is 272 g/mol. The lowest BCUT2D eigenvalue weighted by molar-refractivity contribution is -0.143. The summed E-state index contributed by atoms with van der Waals surface area (Å²) in [4.78, 5) is 25.4. The van der Waals surface area contributed by atoms with Gasteiger partial charge >= 0.3 is 12.1 Å². The molecule has 2 heterocycles. The largest absolute Gasteiger partial charge is 0.468 e. The maximum absolute atomic E-state index is 12.0. The second kappa shape index (κ2) is 5.83. The summed E-state index contributed by atoms with van der Waals surface area (Å²) >= 11 is 0. The van der Waals surface area contributed by atoms with E-state index in [0.717, 1.165) is 25.7 Å². The van der Waals surface area contributed by atoms with E-state index in [9.17, 15) is 9.59 Å². The van der Waals surface area contributed by atoms with Gasteiger partial charge in [-0.3, -0.25) is 10.1 Å². The van der Waals surface area contributed by atoms with Crippen molar-refractivity contribution in [2.45, 2.75) is 63.6 Å². The molecule has 1 amide bonds. The number of likely N-dealkylation sites (tertiary alicyclic amines) is 1. The SMILES string of the molecule is COC(=O)C1CCC2(CCN(C(=O)OC(C)(C)C)CC2)N1. The molecule has 0 radical (unpaired) electrons. The van der Waals surface area contributed by atoms with Crippen LogP contribution >= 0.6 is 0 Å². The van der Waals surface area contributed by atoms with Crippen molar-refractivity contribution in [1.82, 2.24) is 10.2 Å². The zero-order valence-corrected chi connectivity index (χ0v) is 13.4. The van der Waals surface area contributed by atoms with Crippen LogP contribution in [0.5, 0.6) is 0 Å². The minimum absolute atomic E-state index is 0.0304. The Morgan fingerprint density at radius 3 is 2.33 bits per heavy atom. The van der Waals surface area contributed by atoms with Crippen LogP contribution in [0.15, 0.2) is 0 Å². The van der Waals surface area contributed by atoms with Gasteiger partial charge in [-0.1, -0.05) is 0 Å². The van der Waals surface area contributed by atoms with E-state index < -0.39 is 5.60 Å². The fourth-order valence-corrected chi connectivity index (χ4v) is 3.09. The number of hydrogen-bond acceptors (Lipinski definition) is 5. The maximum atomic E-state index is 12.0. The Morgan fingerprint density at radius 2 is 1.81 bits per heavy atom. The summed E-state index contributed by atoms with van der Waals surface area (Å²) in [5, 5.41) is 3.41. The predicted molar refractivity (Wildman–Crippen MR) is 77.9 cm³/mol. The molecule has 0 aromatic rings. The number of amides is 1. The van der Waals surface area contributed by atoms with Gasteiger partial charge in [0.1, 0.15) is 11.6 Å². The van der Waals surface area contributed by atoms with Crippen LogP contribution in [0.4, 0.5) is 4.79 Å². The van der Waals surface area contributed by atoms with Gasteiger partial charge in [-0.25, -0.2) is 4.79 Å². The van der Waals surface area contributed by atoms with Crippen molar-refractivity contribution < 1.29 is 19.1 Å². The smallest absolute Gasteiger partial charge is 0.410 e. The number of esters is 1. The third-order valence-electron chi connectivity index (χ3n) is 4.25. The third kappa shape index (κ3) is 3.87. The minimum Gasteiger partial charge on any atom is -0.468 e. The standard InChI is InChI=1S/C15H26N2O4/c1-14(2,3)21-13(19)17-9-7-15(8-10-17)6-5-11(16-15)12(18)20-4/h11,16H,5-10H2,1-4H3. The highest BCUT2D eigenvalue weighted by molar-refractivity contribution is 5.76. The van der Waals surface area contributed by atoms with E-state index in [1.165, 1.54) is 7.11 Å². The monoisotopic (exact) mass is 298 g/mol. The lowest BCUT2D eigenvalue weighted by atomic mass is 9.86. The van der Waals surface area contributed by atoms with Crippen molar-refractivity contribution in [2.24, 2.45) is 0 Å². The summed E-state index contributed by atoms with van der Waals surface area (Å²) in [5.41, 5.74) is -0.495. The van der Waals surface area contributed by atoms with Gasteiger partial charge in [-0.2, -0.15) is 0 Å². The molecular formula is C15H26N2O4. The molecule has 0 aromatic heterocycles. The number of piperidine rings is 1. The Labute approximate surface area is 126 Å². The van der Waals surface area contributed by atoms with E-state index >= 15 is 0 Å². The van der Waals surface area contributed by atoms with Crippen molar-refractivity contribution in [3.05, 3.63) is 0 Å². The third-order valence-corrected chi connectivity index (χ3v) is 4.25. The Balaban J connectivity index is 1.86. The molecule has 0 aromatic carbocycles. The van der Waals surface area contributed by atoms with Crippen LogP contribution in [0.2, 0.25) is 0 Å². The predicted octanol–water partition coefficient (Wildman–Crippen LogP) is 1.68. The van der Waals surface area contributed by atoms with Gasteiger partial charge in [0.15, 0.2) is 0 Å². The molecule has 2 aliphatic rings. The second-order valence-electron chi connectivity index (χ2n) is 7.01. The highest BCUT2D eigenvalue weighted by atomic mass is 16.6. The first-order valence-electron chi connectivity index (χ1n) is 7.58. The van der Waals surface area contributed by atoms with Crippen molar-refractivity contribution >= 4 is 12.1 Å². The van der Waals surface area contributed by atoms with Crippen molar-refractivity contribution in [3.63, 3.8) is 0 Å². The first-order valence-corrected chi connectivity index (χ1v) is 7.58. The highest BCUT2D eigenvalue weighted by Gasteiger charge is 2.44. The van der Waals surface area contributed by atoms with Crippen LogP contribution in [0.1, 0.15) is 46.5 Å². The molecule has 2 rings (SSSR count). The summed E-state index contributed by atoms with van der Waals surface area (Å²) in [7, 11) is 1.42. The van der Waals surface area contributed by atoms with E-state index in [-0.39, 0.29) is 23.6 Å². The Bertz CT molecular complexity index is 408. The highest BCUT2D eigenvalue weighted by Crippen LogP contribution is 2.34. The molecule has 2 saturated heterocycles. The molecule has 0 bridgehead atoms. The molecule has 1 spiro atoms. The molecule has 2 fully saturated rings. The summed E-state index contributed by atoms with van der Waals surface area (Å²) in [6, 6.07) is -0.205. The Hall–Kier alpha value is -1.30. The second-order valence-corrected chi connectivity index (χ2v) is 7.01. The van der Waals surface area contributed by atoms with Gasteiger partial charge in [0, 0.05) is 18.6 Å². The Kier molecular flexibility index (Phi) is 4.46. The molecule has 21 heavy (non-hydrogen) atoms. The molecule has 0 aliphatic carbocycles. The number of rotatable bonds is 1. The van der Waals surface area contributed by atoms with E-state index in [1.54, 1.807) is 4.90 Å². The van der Waals surface area contributed by atoms with Gasteiger partial charge in [0.05, 0.1) is 7.11 Å². The van der Waals surface area contributed by atoms with Crippen molar-refractivity contribution in [3.8, 4) is 0 Å². The first-order chi connectivity index (χ1) is 9.75. The molecule has 0 saturated carbocycles. The van der Waals surface area contributed by atoms with E-state index in [1.807, 2.05) is 20.8 Å². The molecule has 2 aliphatic heterocycles. The number of methoxy groups -OCH3 is 1. The average Bonchev–Trinajstić information content (AvgIpc) is 2.81. The number of hydrogen-bond donors (Lipinski definition) is 1. The normalized spacial score (nSPS) is 25.0. The van der Waals surface area contributed by atoms with Crippen LogP contribution in [0, 0.1) is 0 Å². The fourth-order valence-electron chi connectivity index (χ4n) is 3.09. The maximum Gasteiger partial charge on any atom is 0.410 e. The van der Waals surface area contributed by atoms with Gasteiger partial charge in [-0.05, 0) is 46.5 Å². The molecule has 120 valence electrons. The van der Waals surface area contributed by atoms with Crippen LogP contribution < -0.4 is 5.32 Å². The van der Waals surface area contributed by atoms with E-state index in [4.69, 9.17) is 9.47 Å². The molecule has 6 heteroatoms. The van der Waals surface area contributed by atoms with Crippen LogP contribution in [-0.4, -0.2) is 54.3 Å². The number of ether oxygens (including phenoxy) is 2. The first kappa shape index (κ1) is 16.1. The number of carbonyl (C=O) groups is 2. The van der Waals surface area contributed by atoms with Crippen molar-refractivity contribution in [2.75, 3.05) is 20.2 Å². The summed E-state index contributed by atoms with van der Waals surface area (Å²) in [6.07, 6.45) is 3.20. The summed E-state index contributed by atoms with van der Waals surface area (Å²) in [5.74, 6) is -0.193. The van der Waals surface area contributed by atoms with Gasteiger partial charge in [0.2, 0.25) is 0 Å². The molecule has 6 nitrogen and oxygen atoms in total. The number of nitrogens with one attached hydrogen (secondary N) is 1. The fraction of sp³-hybridized carbons (Fsp3) is 0.867. The van der Waals surface area contributed by atoms with Crippen molar-refractivity contribution in [1.29, 1.82) is 0 Å². The number of nitrogens with zero attached hydrogens (tertiary/aromatic N) is 1. The Morgan fingerprint density at radius 1 is 1.19 bits per heavy atom. The summed E-state index contributed by atoms with van der Waals surface area (Å²) in [6.45, 7) is 6.94. The van der Waals surface area contributed by atoms with E-state index in [0.29, 0.717) is 13.1 Å². The zero-order chi connectivity index (χ0) is 15.7. The quantitative estimate of drug-likeness (QED) is 0.746. The topological polar surface area (TPSA) is 67.9 Å². The molecule has 1 N–H and O–H groups in total. The van der Waals surface area contributed by atoms with Gasteiger partial charge in [-0.15, -0.1) is 0 Å². The molecule has 1 atom stereocenters. The minimum atomic E-state index is -0.464. The van der Waals surface area contributed by atoms with Crippen LogP contribution in [0.25, 0.3) is 0 Å². The molecule has 1 unspecified atom stereocenters. The van der Waals surface area contributed by atoms with Crippen LogP contribution in [-0.2, 0) is 14.3 Å². The lowest BCUT2D eigenvalue weighted by Crippen LogP contribution is -2.54. The van der Waals surface area contributed by atoms with Gasteiger partial charge in [0.25, 0.3) is 0 Å². The average molecular weight is 298 g/mol.